The zero-order valence-electron chi connectivity index (χ0n) is 10.5. The van der Waals surface area contributed by atoms with E-state index in [0.717, 1.165) is 32.1 Å². The Bertz CT molecular complexity index is 519. The van der Waals surface area contributed by atoms with E-state index in [2.05, 4.69) is 0 Å². The summed E-state index contributed by atoms with van der Waals surface area (Å²) in [6.45, 7) is 2.03. The van der Waals surface area contributed by atoms with Crippen LogP contribution in [-0.4, -0.2) is 5.78 Å². The van der Waals surface area contributed by atoms with Gasteiger partial charge in [0.2, 0.25) is 0 Å². The van der Waals surface area contributed by atoms with Crippen molar-refractivity contribution in [3.63, 3.8) is 0 Å². The molecule has 0 N–H and O–H groups in total. The number of carbonyl (C=O) groups excluding carboxylic acids is 1. The van der Waals surface area contributed by atoms with E-state index in [1.807, 2.05) is 6.92 Å². The van der Waals surface area contributed by atoms with Crippen LogP contribution < -0.4 is 0 Å². The molecule has 0 aromatic heterocycles. The van der Waals surface area contributed by atoms with Gasteiger partial charge in [-0.25, -0.2) is 0 Å². The highest BCUT2D eigenvalue weighted by atomic mass is 35.5. The Morgan fingerprint density at radius 2 is 1.68 bits per heavy atom. The molecule has 104 valence electrons. The summed E-state index contributed by atoms with van der Waals surface area (Å²) < 4.78 is 0. The van der Waals surface area contributed by atoms with E-state index in [0.29, 0.717) is 5.56 Å². The molecule has 0 atom stereocenters. The van der Waals surface area contributed by atoms with Gasteiger partial charge in [0.25, 0.3) is 0 Å². The first-order valence-electron chi connectivity index (χ1n) is 6.31. The van der Waals surface area contributed by atoms with Crippen LogP contribution >= 0.6 is 46.4 Å². The normalized spacial score (nSPS) is 17.7. The fourth-order valence-corrected chi connectivity index (χ4v) is 3.92. The van der Waals surface area contributed by atoms with Gasteiger partial charge in [-0.05, 0) is 25.3 Å². The van der Waals surface area contributed by atoms with Gasteiger partial charge in [0.15, 0.2) is 5.78 Å². The number of rotatable bonds is 3. The van der Waals surface area contributed by atoms with Crippen LogP contribution in [0.3, 0.4) is 0 Å². The smallest absolute Gasteiger partial charge is 0.172 e. The van der Waals surface area contributed by atoms with Gasteiger partial charge < -0.3 is 0 Å². The van der Waals surface area contributed by atoms with Gasteiger partial charge in [-0.2, -0.15) is 0 Å². The van der Waals surface area contributed by atoms with Crippen LogP contribution in [0.15, 0.2) is 6.07 Å². The van der Waals surface area contributed by atoms with Crippen molar-refractivity contribution in [2.75, 3.05) is 0 Å². The molecule has 1 aliphatic carbocycles. The molecule has 19 heavy (non-hydrogen) atoms. The minimum atomic E-state index is -0.343. The molecule has 1 aromatic carbocycles. The van der Waals surface area contributed by atoms with Gasteiger partial charge in [-0.1, -0.05) is 66.2 Å². The summed E-state index contributed by atoms with van der Waals surface area (Å²) in [6.07, 6.45) is 4.69. The van der Waals surface area contributed by atoms with Crippen molar-refractivity contribution in [1.29, 1.82) is 0 Å². The first-order chi connectivity index (χ1) is 8.93. The molecule has 1 saturated carbocycles. The zero-order valence-corrected chi connectivity index (χ0v) is 13.6. The van der Waals surface area contributed by atoms with E-state index >= 15 is 0 Å². The molecule has 2 rings (SSSR count). The lowest BCUT2D eigenvalue weighted by molar-refractivity contribution is 0.0791. The molecule has 0 aliphatic heterocycles. The number of hydrogen-bond acceptors (Lipinski definition) is 1. The lowest BCUT2D eigenvalue weighted by Crippen LogP contribution is -2.28. The molecular formula is C14H14Cl4O. The number of benzene rings is 1. The zero-order chi connectivity index (χ0) is 14.2. The summed E-state index contributed by atoms with van der Waals surface area (Å²) >= 11 is 24.3. The van der Waals surface area contributed by atoms with Gasteiger partial charge in [0.1, 0.15) is 0 Å². The summed E-state index contributed by atoms with van der Waals surface area (Å²) in [7, 11) is 0. The maximum absolute atomic E-state index is 12.8. The minimum Gasteiger partial charge on any atom is -0.293 e. The fourth-order valence-electron chi connectivity index (χ4n) is 2.83. The summed E-state index contributed by atoms with van der Waals surface area (Å²) in [6, 6.07) is 1.49. The summed E-state index contributed by atoms with van der Waals surface area (Å²) in [5.74, 6) is 0.000988. The molecule has 0 unspecified atom stereocenters. The third kappa shape index (κ3) is 2.63. The Morgan fingerprint density at radius 1 is 1.11 bits per heavy atom. The topological polar surface area (TPSA) is 17.1 Å². The van der Waals surface area contributed by atoms with E-state index in [-0.39, 0.29) is 31.3 Å². The SMILES string of the molecule is CCC1(C(=O)c2c(Cl)cc(Cl)c(Cl)c2Cl)CCCC1. The Hall–Kier alpha value is 0.0500. The van der Waals surface area contributed by atoms with Crippen LogP contribution in [0.2, 0.25) is 20.1 Å². The predicted octanol–water partition coefficient (Wildman–Crippen LogP) is 6.45. The molecule has 1 aromatic rings. The molecule has 0 amide bonds. The van der Waals surface area contributed by atoms with Gasteiger partial charge in [-0.3, -0.25) is 4.79 Å². The second-order valence-electron chi connectivity index (χ2n) is 5.01. The van der Waals surface area contributed by atoms with E-state index in [1.165, 1.54) is 6.07 Å². The molecule has 1 aliphatic rings. The van der Waals surface area contributed by atoms with Crippen molar-refractivity contribution >= 4 is 52.2 Å². The number of carbonyl (C=O) groups is 1. The van der Waals surface area contributed by atoms with Crippen LogP contribution in [-0.2, 0) is 0 Å². The second-order valence-corrected chi connectivity index (χ2v) is 6.58. The lowest BCUT2D eigenvalue weighted by atomic mass is 9.76. The molecule has 1 nitrogen and oxygen atoms in total. The summed E-state index contributed by atoms with van der Waals surface area (Å²) in [4.78, 5) is 12.8. The largest absolute Gasteiger partial charge is 0.293 e. The van der Waals surface area contributed by atoms with Crippen molar-refractivity contribution < 1.29 is 4.79 Å². The first-order valence-corrected chi connectivity index (χ1v) is 7.82. The number of Topliss-reactive ketones (excluding diaryl/α,β-unsaturated/α-hetero) is 1. The van der Waals surface area contributed by atoms with Crippen molar-refractivity contribution in [3.8, 4) is 0 Å². The maximum Gasteiger partial charge on any atom is 0.172 e. The fraction of sp³-hybridized carbons (Fsp3) is 0.500. The third-order valence-corrected chi connectivity index (χ3v) is 5.62. The van der Waals surface area contributed by atoms with Crippen LogP contribution in [0.4, 0.5) is 0 Å². The van der Waals surface area contributed by atoms with Crippen molar-refractivity contribution in [2.24, 2.45) is 5.41 Å². The molecule has 0 saturated heterocycles. The first kappa shape index (κ1) is 15.4. The van der Waals surface area contributed by atoms with Gasteiger partial charge in [0.05, 0.1) is 25.7 Å². The molecule has 5 heteroatoms. The monoisotopic (exact) mass is 338 g/mol. The molecule has 0 heterocycles. The van der Waals surface area contributed by atoms with Crippen LogP contribution in [0, 0.1) is 5.41 Å². The van der Waals surface area contributed by atoms with E-state index < -0.39 is 0 Å². The molecule has 0 spiro atoms. The summed E-state index contributed by atoms with van der Waals surface area (Å²) in [5.41, 5.74) is -0.0220. The van der Waals surface area contributed by atoms with E-state index in [1.54, 1.807) is 0 Å². The van der Waals surface area contributed by atoms with Gasteiger partial charge >= 0.3 is 0 Å². The second kappa shape index (κ2) is 5.81. The Labute approximate surface area is 133 Å². The van der Waals surface area contributed by atoms with Crippen LogP contribution in [0.5, 0.6) is 0 Å². The number of halogens is 4. The number of hydrogen-bond donors (Lipinski definition) is 0. The molecule has 0 bridgehead atoms. The standard InChI is InChI=1S/C14H14Cl4O/c1-2-14(5-3-4-6-14)13(19)10-8(15)7-9(16)11(17)12(10)18/h7H,2-6H2,1H3. The minimum absolute atomic E-state index is 0.000988. The van der Waals surface area contributed by atoms with Gasteiger partial charge in [0, 0.05) is 5.41 Å². The third-order valence-electron chi connectivity index (χ3n) is 4.06. The van der Waals surface area contributed by atoms with Crippen LogP contribution in [0.25, 0.3) is 0 Å². The Kier molecular flexibility index (Phi) is 4.72. The van der Waals surface area contributed by atoms with Crippen molar-refractivity contribution in [3.05, 3.63) is 31.7 Å². The Morgan fingerprint density at radius 3 is 2.21 bits per heavy atom. The maximum atomic E-state index is 12.8. The quantitative estimate of drug-likeness (QED) is 0.351. The number of ketones is 1. The average molecular weight is 340 g/mol. The molecule has 0 radical (unpaired) electrons. The highest BCUT2D eigenvalue weighted by Gasteiger charge is 2.41. The van der Waals surface area contributed by atoms with Crippen molar-refractivity contribution in [2.45, 2.75) is 39.0 Å². The Balaban J connectivity index is 2.53. The van der Waals surface area contributed by atoms with Crippen molar-refractivity contribution in [1.82, 2.24) is 0 Å². The van der Waals surface area contributed by atoms with E-state index in [9.17, 15) is 4.79 Å². The lowest BCUT2D eigenvalue weighted by Gasteiger charge is -2.27. The molecular weight excluding hydrogens is 326 g/mol. The van der Waals surface area contributed by atoms with E-state index in [4.69, 9.17) is 46.4 Å². The average Bonchev–Trinajstić information content (AvgIpc) is 2.86. The van der Waals surface area contributed by atoms with Gasteiger partial charge in [-0.15, -0.1) is 0 Å². The summed E-state index contributed by atoms with van der Waals surface area (Å²) in [5, 5.41) is 0.915. The van der Waals surface area contributed by atoms with Crippen LogP contribution in [0.1, 0.15) is 49.4 Å². The highest BCUT2D eigenvalue weighted by Crippen LogP contribution is 2.47. The predicted molar refractivity (Wildman–Crippen MR) is 82.0 cm³/mol. The molecule has 1 fully saturated rings. The highest BCUT2D eigenvalue weighted by molar-refractivity contribution is 6.51.